The van der Waals surface area contributed by atoms with E-state index in [0.29, 0.717) is 0 Å². The van der Waals surface area contributed by atoms with Crippen molar-refractivity contribution in [2.24, 2.45) is 5.73 Å². The molecular formula is C16H18N2O3. The summed E-state index contributed by atoms with van der Waals surface area (Å²) in [5.74, 6) is -1.13. The molecule has 0 heterocycles. The van der Waals surface area contributed by atoms with Gasteiger partial charge in [-0.25, -0.2) is 0 Å². The SMILES string of the molecule is CC(=O)OCc1c(C)cc(C)c(C=C(C#N)C(N)=O)c1C. The highest BCUT2D eigenvalue weighted by Crippen LogP contribution is 2.25. The first-order chi connectivity index (χ1) is 9.77. The highest BCUT2D eigenvalue weighted by molar-refractivity contribution is 6.00. The van der Waals surface area contributed by atoms with Crippen LogP contribution in [0.15, 0.2) is 11.6 Å². The van der Waals surface area contributed by atoms with Gasteiger partial charge in [-0.3, -0.25) is 9.59 Å². The number of esters is 1. The number of ether oxygens (including phenoxy) is 1. The molecule has 110 valence electrons. The molecule has 1 amide bonds. The Balaban J connectivity index is 3.40. The van der Waals surface area contributed by atoms with Gasteiger partial charge in [0.15, 0.2) is 0 Å². The molecule has 0 aliphatic heterocycles. The van der Waals surface area contributed by atoms with E-state index in [9.17, 15) is 9.59 Å². The van der Waals surface area contributed by atoms with Gasteiger partial charge in [0, 0.05) is 6.92 Å². The number of benzene rings is 1. The first kappa shape index (κ1) is 16.4. The second kappa shape index (κ2) is 6.71. The molecule has 21 heavy (non-hydrogen) atoms. The van der Waals surface area contributed by atoms with Crippen molar-refractivity contribution >= 4 is 18.0 Å². The summed E-state index contributed by atoms with van der Waals surface area (Å²) < 4.78 is 5.05. The summed E-state index contributed by atoms with van der Waals surface area (Å²) in [6, 6.07) is 3.71. The van der Waals surface area contributed by atoms with Crippen LogP contribution in [0.5, 0.6) is 0 Å². The van der Waals surface area contributed by atoms with E-state index in [1.54, 1.807) is 6.07 Å². The fraction of sp³-hybridized carbons (Fsp3) is 0.312. The average molecular weight is 286 g/mol. The van der Waals surface area contributed by atoms with E-state index >= 15 is 0 Å². The smallest absolute Gasteiger partial charge is 0.302 e. The van der Waals surface area contributed by atoms with Gasteiger partial charge in [0.1, 0.15) is 18.2 Å². The number of rotatable bonds is 4. The molecule has 0 aliphatic rings. The van der Waals surface area contributed by atoms with E-state index in [-0.39, 0.29) is 18.1 Å². The lowest BCUT2D eigenvalue weighted by Gasteiger charge is -2.15. The second-order valence-electron chi connectivity index (χ2n) is 4.84. The van der Waals surface area contributed by atoms with Gasteiger partial charge >= 0.3 is 5.97 Å². The summed E-state index contributed by atoms with van der Waals surface area (Å²) in [7, 11) is 0. The van der Waals surface area contributed by atoms with Crippen LogP contribution < -0.4 is 5.73 Å². The first-order valence-electron chi connectivity index (χ1n) is 6.42. The number of amides is 1. The minimum absolute atomic E-state index is 0.108. The van der Waals surface area contributed by atoms with Crippen molar-refractivity contribution in [3.63, 3.8) is 0 Å². The molecule has 0 radical (unpaired) electrons. The lowest BCUT2D eigenvalue weighted by Crippen LogP contribution is -2.13. The summed E-state index contributed by atoms with van der Waals surface area (Å²) in [5.41, 5.74) is 9.44. The van der Waals surface area contributed by atoms with Gasteiger partial charge in [-0.1, -0.05) is 6.07 Å². The predicted molar refractivity (Wildman–Crippen MR) is 78.9 cm³/mol. The third-order valence-electron chi connectivity index (χ3n) is 3.28. The zero-order chi connectivity index (χ0) is 16.2. The van der Waals surface area contributed by atoms with Crippen molar-refractivity contribution in [2.75, 3.05) is 0 Å². The topological polar surface area (TPSA) is 93.2 Å². The molecule has 0 fully saturated rings. The Morgan fingerprint density at radius 3 is 2.43 bits per heavy atom. The van der Waals surface area contributed by atoms with E-state index in [1.165, 1.54) is 13.0 Å². The zero-order valence-electron chi connectivity index (χ0n) is 12.6. The highest BCUT2D eigenvalue weighted by Gasteiger charge is 2.13. The predicted octanol–water partition coefficient (Wildman–Crippen LogP) is 2.07. The molecule has 1 aromatic rings. The lowest BCUT2D eigenvalue weighted by atomic mass is 9.92. The van der Waals surface area contributed by atoms with Gasteiger partial charge < -0.3 is 10.5 Å². The van der Waals surface area contributed by atoms with Crippen molar-refractivity contribution in [1.82, 2.24) is 0 Å². The van der Waals surface area contributed by atoms with Crippen LogP contribution >= 0.6 is 0 Å². The molecule has 1 aromatic carbocycles. The molecule has 5 heteroatoms. The molecule has 0 atom stereocenters. The van der Waals surface area contributed by atoms with E-state index in [0.717, 1.165) is 27.8 Å². The van der Waals surface area contributed by atoms with Gasteiger partial charge in [0.2, 0.25) is 0 Å². The van der Waals surface area contributed by atoms with Crippen LogP contribution in [0.3, 0.4) is 0 Å². The normalized spacial score (nSPS) is 10.9. The molecule has 0 spiro atoms. The van der Waals surface area contributed by atoms with Crippen LogP contribution in [0.25, 0.3) is 6.08 Å². The second-order valence-corrected chi connectivity index (χ2v) is 4.84. The first-order valence-corrected chi connectivity index (χ1v) is 6.42. The standard InChI is InChI=1S/C16H18N2O3/c1-9-5-10(2)15(8-21-12(4)19)11(3)14(9)6-13(7-17)16(18)20/h5-6H,8H2,1-4H3,(H2,18,20). The molecular weight excluding hydrogens is 268 g/mol. The van der Waals surface area contributed by atoms with Gasteiger partial charge in [0.25, 0.3) is 5.91 Å². The molecule has 0 aromatic heterocycles. The van der Waals surface area contributed by atoms with E-state index in [4.69, 9.17) is 15.7 Å². The number of nitriles is 1. The fourth-order valence-electron chi connectivity index (χ4n) is 2.16. The van der Waals surface area contributed by atoms with Crippen molar-refractivity contribution in [1.29, 1.82) is 5.26 Å². The Bertz CT molecular complexity index is 667. The third-order valence-corrected chi connectivity index (χ3v) is 3.28. The van der Waals surface area contributed by atoms with Gasteiger partial charge in [0.05, 0.1) is 0 Å². The summed E-state index contributed by atoms with van der Waals surface area (Å²) in [6.07, 6.45) is 1.48. The van der Waals surface area contributed by atoms with Crippen LogP contribution in [0.1, 0.15) is 34.7 Å². The maximum Gasteiger partial charge on any atom is 0.302 e. The Morgan fingerprint density at radius 1 is 1.33 bits per heavy atom. The Kier molecular flexibility index (Phi) is 5.25. The molecule has 0 saturated heterocycles. The Labute approximate surface area is 124 Å². The van der Waals surface area contributed by atoms with Crippen LogP contribution in [-0.4, -0.2) is 11.9 Å². The van der Waals surface area contributed by atoms with Gasteiger partial charge in [-0.05, 0) is 54.7 Å². The summed E-state index contributed by atoms with van der Waals surface area (Å²) in [6.45, 7) is 7.18. The molecule has 0 aliphatic carbocycles. The fourth-order valence-corrected chi connectivity index (χ4v) is 2.16. The molecule has 2 N–H and O–H groups in total. The molecule has 0 bridgehead atoms. The van der Waals surface area contributed by atoms with Gasteiger partial charge in [-0.2, -0.15) is 5.26 Å². The average Bonchev–Trinajstić information content (AvgIpc) is 2.37. The van der Waals surface area contributed by atoms with Crippen LogP contribution in [-0.2, 0) is 20.9 Å². The number of nitrogens with zero attached hydrogens (tertiary/aromatic N) is 1. The number of hydrogen-bond donors (Lipinski definition) is 1. The summed E-state index contributed by atoms with van der Waals surface area (Å²) >= 11 is 0. The number of aryl methyl sites for hydroxylation is 2. The lowest BCUT2D eigenvalue weighted by molar-refractivity contribution is -0.142. The number of hydrogen-bond acceptors (Lipinski definition) is 4. The zero-order valence-corrected chi connectivity index (χ0v) is 12.6. The van der Waals surface area contributed by atoms with E-state index in [1.807, 2.05) is 26.8 Å². The molecule has 1 rings (SSSR count). The largest absolute Gasteiger partial charge is 0.461 e. The van der Waals surface area contributed by atoms with Gasteiger partial charge in [-0.15, -0.1) is 0 Å². The molecule has 5 nitrogen and oxygen atoms in total. The third kappa shape index (κ3) is 3.93. The van der Waals surface area contributed by atoms with Crippen molar-refractivity contribution < 1.29 is 14.3 Å². The maximum atomic E-state index is 11.2. The van der Waals surface area contributed by atoms with Crippen LogP contribution in [0, 0.1) is 32.1 Å². The van der Waals surface area contributed by atoms with E-state index in [2.05, 4.69) is 0 Å². The quantitative estimate of drug-likeness (QED) is 0.521. The highest BCUT2D eigenvalue weighted by atomic mass is 16.5. The molecule has 0 unspecified atom stereocenters. The van der Waals surface area contributed by atoms with Crippen LogP contribution in [0.2, 0.25) is 0 Å². The minimum atomic E-state index is -0.765. The summed E-state index contributed by atoms with van der Waals surface area (Å²) in [4.78, 5) is 22.2. The number of carbonyl (C=O) groups is 2. The maximum absolute atomic E-state index is 11.2. The summed E-state index contributed by atoms with van der Waals surface area (Å²) in [5, 5.41) is 8.95. The number of carbonyl (C=O) groups excluding carboxylic acids is 2. The van der Waals surface area contributed by atoms with Crippen molar-refractivity contribution in [3.8, 4) is 6.07 Å². The molecule has 0 saturated carbocycles. The van der Waals surface area contributed by atoms with Crippen molar-refractivity contribution in [3.05, 3.63) is 39.5 Å². The Morgan fingerprint density at radius 2 is 1.95 bits per heavy atom. The minimum Gasteiger partial charge on any atom is -0.461 e. The van der Waals surface area contributed by atoms with E-state index < -0.39 is 5.91 Å². The number of nitrogens with two attached hydrogens (primary N) is 1. The monoisotopic (exact) mass is 286 g/mol. The number of primary amides is 1. The van der Waals surface area contributed by atoms with Crippen molar-refractivity contribution in [2.45, 2.75) is 34.3 Å². The Hall–Kier alpha value is -2.61. The van der Waals surface area contributed by atoms with Crippen LogP contribution in [0.4, 0.5) is 0 Å².